The molecule has 0 heterocycles. The van der Waals surface area contributed by atoms with E-state index in [0.29, 0.717) is 12.3 Å². The van der Waals surface area contributed by atoms with Gasteiger partial charge in [-0.2, -0.15) is 0 Å². The Kier molecular flexibility index (Phi) is 5.93. The molecule has 3 unspecified atom stereocenters. The molecule has 0 aliphatic heterocycles. The molecule has 1 aliphatic rings. The van der Waals surface area contributed by atoms with Crippen LogP contribution in [0.1, 0.15) is 52.4 Å². The van der Waals surface area contributed by atoms with Crippen LogP contribution in [0.25, 0.3) is 0 Å². The number of hydrogen-bond acceptors (Lipinski definition) is 3. The second-order valence-corrected chi connectivity index (χ2v) is 7.77. The maximum absolute atomic E-state index is 11.4. The third-order valence-corrected chi connectivity index (χ3v) is 5.89. The lowest BCUT2D eigenvalue weighted by atomic mass is 9.76. The summed E-state index contributed by atoms with van der Waals surface area (Å²) in [6, 6.07) is 0. The average molecular weight is 262 g/mol. The first-order valence-corrected chi connectivity index (χ1v) is 8.69. The molecule has 1 aliphatic carbocycles. The molecule has 0 amide bonds. The van der Waals surface area contributed by atoms with Crippen LogP contribution < -0.4 is 0 Å². The Morgan fingerprint density at radius 2 is 1.94 bits per heavy atom. The first kappa shape index (κ1) is 15.0. The molecule has 17 heavy (non-hydrogen) atoms. The Morgan fingerprint density at radius 3 is 2.53 bits per heavy atom. The van der Waals surface area contributed by atoms with Gasteiger partial charge < -0.3 is 5.11 Å². The Morgan fingerprint density at radius 1 is 1.24 bits per heavy atom. The van der Waals surface area contributed by atoms with Gasteiger partial charge >= 0.3 is 0 Å². The van der Waals surface area contributed by atoms with Crippen LogP contribution in [0.3, 0.4) is 0 Å². The van der Waals surface area contributed by atoms with E-state index in [9.17, 15) is 13.5 Å². The zero-order valence-corrected chi connectivity index (χ0v) is 11.9. The number of aliphatic hydroxyl groups excluding tert-OH is 1. The van der Waals surface area contributed by atoms with E-state index >= 15 is 0 Å². The van der Waals surface area contributed by atoms with Gasteiger partial charge in [0.2, 0.25) is 0 Å². The van der Waals surface area contributed by atoms with Crippen molar-refractivity contribution in [3.8, 4) is 0 Å². The first-order chi connectivity index (χ1) is 7.98. The normalized spacial score (nSPS) is 30.4. The Hall–Kier alpha value is -0.0900. The van der Waals surface area contributed by atoms with Crippen molar-refractivity contribution in [2.24, 2.45) is 11.8 Å². The van der Waals surface area contributed by atoms with Crippen molar-refractivity contribution in [3.63, 3.8) is 0 Å². The van der Waals surface area contributed by atoms with Gasteiger partial charge in [-0.1, -0.05) is 20.3 Å². The fourth-order valence-electron chi connectivity index (χ4n) is 2.74. The zero-order chi connectivity index (χ0) is 12.9. The standard InChI is InChI=1S/C13H26O3S/c1-3-11-7-8-13(14)12(10-11)6-5-9-17(15,16)4-2/h11-14H,3-10H2,1-2H3. The molecule has 102 valence electrons. The number of sulfone groups is 1. The summed E-state index contributed by atoms with van der Waals surface area (Å²) in [6.45, 7) is 3.89. The van der Waals surface area contributed by atoms with Gasteiger partial charge in [-0.3, -0.25) is 0 Å². The SMILES string of the molecule is CCC1CCC(O)C(CCCS(=O)(=O)CC)C1. The molecular formula is C13H26O3S. The minimum Gasteiger partial charge on any atom is -0.393 e. The van der Waals surface area contributed by atoms with Crippen LogP contribution in [0, 0.1) is 11.8 Å². The van der Waals surface area contributed by atoms with Gasteiger partial charge in [0.05, 0.1) is 11.9 Å². The quantitative estimate of drug-likeness (QED) is 0.799. The lowest BCUT2D eigenvalue weighted by molar-refractivity contribution is 0.0428. The highest BCUT2D eigenvalue weighted by molar-refractivity contribution is 7.91. The van der Waals surface area contributed by atoms with Crippen LogP contribution in [-0.4, -0.2) is 31.1 Å². The van der Waals surface area contributed by atoms with Crippen molar-refractivity contribution in [2.45, 2.75) is 58.5 Å². The van der Waals surface area contributed by atoms with Crippen LogP contribution >= 0.6 is 0 Å². The van der Waals surface area contributed by atoms with Crippen molar-refractivity contribution < 1.29 is 13.5 Å². The summed E-state index contributed by atoms with van der Waals surface area (Å²) in [6.07, 6.45) is 5.62. The first-order valence-electron chi connectivity index (χ1n) is 6.87. The lowest BCUT2D eigenvalue weighted by Crippen LogP contribution is -2.29. The van der Waals surface area contributed by atoms with Crippen molar-refractivity contribution in [3.05, 3.63) is 0 Å². The topological polar surface area (TPSA) is 54.4 Å². The Bertz CT molecular complexity index is 311. The second-order valence-electron chi connectivity index (χ2n) is 5.29. The molecular weight excluding hydrogens is 236 g/mol. The van der Waals surface area contributed by atoms with Crippen LogP contribution in [0.2, 0.25) is 0 Å². The zero-order valence-electron chi connectivity index (χ0n) is 11.1. The highest BCUT2D eigenvalue weighted by Gasteiger charge is 2.28. The molecule has 0 bridgehead atoms. The fraction of sp³-hybridized carbons (Fsp3) is 1.00. The molecule has 0 radical (unpaired) electrons. The van der Waals surface area contributed by atoms with Gasteiger partial charge in [0.25, 0.3) is 0 Å². The van der Waals surface area contributed by atoms with E-state index in [-0.39, 0.29) is 17.6 Å². The van der Waals surface area contributed by atoms with Crippen molar-refractivity contribution in [2.75, 3.05) is 11.5 Å². The Labute approximate surface area is 106 Å². The highest BCUT2D eigenvalue weighted by atomic mass is 32.2. The molecule has 1 saturated carbocycles. The van der Waals surface area contributed by atoms with Crippen molar-refractivity contribution in [1.29, 1.82) is 0 Å². The number of aliphatic hydroxyl groups is 1. The second kappa shape index (κ2) is 6.74. The molecule has 1 fully saturated rings. The van der Waals surface area contributed by atoms with E-state index in [2.05, 4.69) is 6.92 Å². The van der Waals surface area contributed by atoms with Crippen LogP contribution in [-0.2, 0) is 9.84 Å². The van der Waals surface area contributed by atoms with Gasteiger partial charge in [0.1, 0.15) is 9.84 Å². The molecule has 0 saturated heterocycles. The van der Waals surface area contributed by atoms with Crippen molar-refractivity contribution >= 4 is 9.84 Å². The summed E-state index contributed by atoms with van der Waals surface area (Å²) in [4.78, 5) is 0. The molecule has 4 heteroatoms. The molecule has 0 spiro atoms. The molecule has 1 rings (SSSR count). The summed E-state index contributed by atoms with van der Waals surface area (Å²) in [7, 11) is -2.84. The maximum atomic E-state index is 11.4. The minimum absolute atomic E-state index is 0.206. The summed E-state index contributed by atoms with van der Waals surface area (Å²) < 4.78 is 22.8. The molecule has 0 aromatic heterocycles. The van der Waals surface area contributed by atoms with E-state index in [1.807, 2.05) is 0 Å². The minimum atomic E-state index is -2.84. The van der Waals surface area contributed by atoms with Crippen LogP contribution in [0.15, 0.2) is 0 Å². The van der Waals surface area contributed by atoms with E-state index in [0.717, 1.165) is 31.6 Å². The third-order valence-electron chi connectivity index (χ3n) is 4.10. The van der Waals surface area contributed by atoms with E-state index < -0.39 is 9.84 Å². The Balaban J connectivity index is 2.34. The smallest absolute Gasteiger partial charge is 0.150 e. The highest BCUT2D eigenvalue weighted by Crippen LogP contribution is 2.33. The van der Waals surface area contributed by atoms with Gasteiger partial charge in [0.15, 0.2) is 0 Å². The summed E-state index contributed by atoms with van der Waals surface area (Å²) in [5, 5.41) is 9.92. The van der Waals surface area contributed by atoms with Crippen molar-refractivity contribution in [1.82, 2.24) is 0 Å². The number of hydrogen-bond donors (Lipinski definition) is 1. The monoisotopic (exact) mass is 262 g/mol. The van der Waals surface area contributed by atoms with E-state index in [4.69, 9.17) is 0 Å². The molecule has 3 atom stereocenters. The molecule has 3 nitrogen and oxygen atoms in total. The predicted molar refractivity (Wildman–Crippen MR) is 70.7 cm³/mol. The van der Waals surface area contributed by atoms with Crippen LogP contribution in [0.5, 0.6) is 0 Å². The molecule has 0 aromatic carbocycles. The maximum Gasteiger partial charge on any atom is 0.150 e. The third kappa shape index (κ3) is 4.96. The van der Waals surface area contributed by atoms with E-state index in [1.165, 1.54) is 6.42 Å². The summed E-state index contributed by atoms with van der Waals surface area (Å²) >= 11 is 0. The van der Waals surface area contributed by atoms with Gasteiger partial charge in [-0.05, 0) is 43.9 Å². The average Bonchev–Trinajstić information content (AvgIpc) is 2.31. The van der Waals surface area contributed by atoms with Crippen LogP contribution in [0.4, 0.5) is 0 Å². The summed E-state index contributed by atoms with van der Waals surface area (Å²) in [5.74, 6) is 1.56. The number of rotatable bonds is 6. The summed E-state index contributed by atoms with van der Waals surface area (Å²) in [5.41, 5.74) is 0. The predicted octanol–water partition coefficient (Wildman–Crippen LogP) is 2.39. The fourth-order valence-corrected chi connectivity index (χ4v) is 3.63. The lowest BCUT2D eigenvalue weighted by Gasteiger charge is -2.33. The molecule has 1 N–H and O–H groups in total. The molecule has 0 aromatic rings. The largest absolute Gasteiger partial charge is 0.393 e. The van der Waals surface area contributed by atoms with Gasteiger partial charge in [-0.15, -0.1) is 0 Å². The van der Waals surface area contributed by atoms with Gasteiger partial charge in [-0.25, -0.2) is 8.42 Å². The van der Waals surface area contributed by atoms with E-state index in [1.54, 1.807) is 6.92 Å². The van der Waals surface area contributed by atoms with Gasteiger partial charge in [0, 0.05) is 5.75 Å².